The summed E-state index contributed by atoms with van der Waals surface area (Å²) in [7, 11) is 1.64. The first-order valence-electron chi connectivity index (χ1n) is 7.88. The molecule has 1 unspecified atom stereocenters. The van der Waals surface area contributed by atoms with Crippen molar-refractivity contribution in [3.63, 3.8) is 0 Å². The average molecular weight is 364 g/mol. The van der Waals surface area contributed by atoms with Gasteiger partial charge < -0.3 is 10.1 Å². The van der Waals surface area contributed by atoms with Crippen LogP contribution in [-0.4, -0.2) is 18.8 Å². The lowest BCUT2D eigenvalue weighted by atomic mass is 10.0. The van der Waals surface area contributed by atoms with Crippen LogP contribution in [0.1, 0.15) is 30.5 Å². The van der Waals surface area contributed by atoms with Gasteiger partial charge >= 0.3 is 0 Å². The largest absolute Gasteiger partial charge is 0.497 e. The smallest absolute Gasteiger partial charge is 0.230 e. The lowest BCUT2D eigenvalue weighted by Crippen LogP contribution is -2.29. The molecule has 0 spiro atoms. The molecule has 0 heterocycles. The summed E-state index contributed by atoms with van der Waals surface area (Å²) in [5, 5.41) is 3.82. The molecule has 3 nitrogen and oxygen atoms in total. The van der Waals surface area contributed by atoms with Gasteiger partial charge in [0.15, 0.2) is 0 Å². The summed E-state index contributed by atoms with van der Waals surface area (Å²) in [6.07, 6.45) is 0.847. The van der Waals surface area contributed by atoms with Crippen LogP contribution in [0.5, 0.6) is 5.75 Å². The van der Waals surface area contributed by atoms with Crippen LogP contribution in [0.4, 0.5) is 0 Å². The van der Waals surface area contributed by atoms with Crippen LogP contribution in [0, 0.1) is 0 Å². The first-order chi connectivity index (χ1) is 11.6. The summed E-state index contributed by atoms with van der Waals surface area (Å²) in [6, 6.07) is 15.6. The van der Waals surface area contributed by atoms with Gasteiger partial charge in [-0.05, 0) is 41.8 Å². The number of methoxy groups -OCH3 is 1. The number of hydrogen-bond donors (Lipinski definition) is 1. The Morgan fingerprint density at radius 2 is 1.83 bits per heavy atom. The highest BCUT2D eigenvalue weighted by atomic mass is 35.5. The number of nitrogens with one attached hydrogen (secondary N) is 1. The number of thioether (sulfide) groups is 1. The molecule has 1 N–H and O–H groups in total. The summed E-state index contributed by atoms with van der Waals surface area (Å²) in [5.74, 6) is 2.11. The Kier molecular flexibility index (Phi) is 7.47. The lowest BCUT2D eigenvalue weighted by Gasteiger charge is -2.17. The van der Waals surface area contributed by atoms with E-state index in [0.29, 0.717) is 5.75 Å². The molecular weight excluding hydrogens is 342 g/mol. The average Bonchev–Trinajstić information content (AvgIpc) is 2.61. The molecule has 0 saturated carbocycles. The zero-order valence-electron chi connectivity index (χ0n) is 13.9. The Hall–Kier alpha value is -1.65. The fourth-order valence-corrected chi connectivity index (χ4v) is 3.26. The molecule has 0 aliphatic carbocycles. The number of amides is 1. The highest BCUT2D eigenvalue weighted by Gasteiger charge is 2.12. The molecule has 0 saturated heterocycles. The molecule has 1 atom stereocenters. The van der Waals surface area contributed by atoms with E-state index in [2.05, 4.69) is 12.2 Å². The number of benzene rings is 2. The molecule has 0 fully saturated rings. The number of ether oxygens (including phenoxy) is 1. The molecule has 2 aromatic rings. The molecule has 2 rings (SSSR count). The maximum absolute atomic E-state index is 12.2. The summed E-state index contributed by atoms with van der Waals surface area (Å²) in [5.41, 5.74) is 2.26. The van der Waals surface area contributed by atoms with Gasteiger partial charge in [0, 0.05) is 10.8 Å². The molecule has 0 bridgehead atoms. The van der Waals surface area contributed by atoms with Gasteiger partial charge in [0.05, 0.1) is 18.9 Å². The van der Waals surface area contributed by atoms with E-state index in [4.69, 9.17) is 16.3 Å². The Labute approximate surface area is 152 Å². The van der Waals surface area contributed by atoms with Crippen molar-refractivity contribution in [2.45, 2.75) is 25.1 Å². The molecule has 0 radical (unpaired) electrons. The maximum Gasteiger partial charge on any atom is 0.230 e. The standard InChI is InChI=1S/C19H22ClNO2S/c1-3-18(15-6-10-17(23-2)11-7-15)21-19(22)13-24-12-14-4-8-16(20)9-5-14/h4-11,18H,3,12-13H2,1-2H3,(H,21,22). The van der Waals surface area contributed by atoms with Gasteiger partial charge in [0.25, 0.3) is 0 Å². The van der Waals surface area contributed by atoms with Gasteiger partial charge in [-0.15, -0.1) is 11.8 Å². The van der Waals surface area contributed by atoms with Gasteiger partial charge in [-0.1, -0.05) is 42.8 Å². The van der Waals surface area contributed by atoms with Gasteiger partial charge in [-0.25, -0.2) is 0 Å². The molecule has 0 aromatic heterocycles. The van der Waals surface area contributed by atoms with Crippen molar-refractivity contribution in [2.24, 2.45) is 0 Å². The monoisotopic (exact) mass is 363 g/mol. The fourth-order valence-electron chi connectivity index (χ4n) is 2.34. The fraction of sp³-hybridized carbons (Fsp3) is 0.316. The van der Waals surface area contributed by atoms with E-state index < -0.39 is 0 Å². The zero-order valence-corrected chi connectivity index (χ0v) is 15.5. The molecule has 24 heavy (non-hydrogen) atoms. The summed E-state index contributed by atoms with van der Waals surface area (Å²) in [4.78, 5) is 12.2. The maximum atomic E-state index is 12.2. The van der Waals surface area contributed by atoms with E-state index in [1.165, 1.54) is 5.56 Å². The highest BCUT2D eigenvalue weighted by Crippen LogP contribution is 2.21. The van der Waals surface area contributed by atoms with E-state index in [1.54, 1.807) is 18.9 Å². The molecular formula is C19H22ClNO2S. The van der Waals surface area contributed by atoms with Crippen LogP contribution in [0.25, 0.3) is 0 Å². The minimum atomic E-state index is 0.0274. The topological polar surface area (TPSA) is 38.3 Å². The van der Waals surface area contributed by atoms with Gasteiger partial charge in [0.2, 0.25) is 5.91 Å². The minimum absolute atomic E-state index is 0.0274. The second-order valence-corrected chi connectivity index (χ2v) is 6.84. The Balaban J connectivity index is 1.81. The van der Waals surface area contributed by atoms with Crippen LogP contribution in [0.2, 0.25) is 5.02 Å². The first kappa shape index (κ1) is 18.7. The van der Waals surface area contributed by atoms with E-state index in [0.717, 1.165) is 28.5 Å². The molecule has 0 aliphatic rings. The Morgan fingerprint density at radius 1 is 1.17 bits per heavy atom. The van der Waals surface area contributed by atoms with Gasteiger partial charge in [0.1, 0.15) is 5.75 Å². The van der Waals surface area contributed by atoms with E-state index in [1.807, 2.05) is 48.5 Å². The third-order valence-electron chi connectivity index (χ3n) is 3.68. The number of rotatable bonds is 8. The Bertz CT molecular complexity index is 643. The van der Waals surface area contributed by atoms with Crippen molar-refractivity contribution in [3.05, 3.63) is 64.7 Å². The van der Waals surface area contributed by atoms with Gasteiger partial charge in [-0.2, -0.15) is 0 Å². The summed E-state index contributed by atoms with van der Waals surface area (Å²) in [6.45, 7) is 2.07. The number of hydrogen-bond acceptors (Lipinski definition) is 3. The zero-order chi connectivity index (χ0) is 17.4. The van der Waals surface area contributed by atoms with Crippen molar-refractivity contribution in [1.82, 2.24) is 5.32 Å². The quantitative estimate of drug-likeness (QED) is 0.728. The van der Waals surface area contributed by atoms with Crippen LogP contribution < -0.4 is 10.1 Å². The van der Waals surface area contributed by atoms with Crippen LogP contribution in [0.3, 0.4) is 0 Å². The second-order valence-electron chi connectivity index (χ2n) is 5.42. The highest BCUT2D eigenvalue weighted by molar-refractivity contribution is 7.99. The normalized spacial score (nSPS) is 11.8. The number of carbonyl (C=O) groups is 1. The molecule has 0 aliphatic heterocycles. The number of carbonyl (C=O) groups excluding carboxylic acids is 1. The lowest BCUT2D eigenvalue weighted by molar-refractivity contribution is -0.119. The van der Waals surface area contributed by atoms with Crippen molar-refractivity contribution in [3.8, 4) is 5.75 Å². The molecule has 2 aromatic carbocycles. The molecule has 1 amide bonds. The summed E-state index contributed by atoms with van der Waals surface area (Å²) < 4.78 is 5.17. The van der Waals surface area contributed by atoms with E-state index in [9.17, 15) is 4.79 Å². The summed E-state index contributed by atoms with van der Waals surface area (Å²) >= 11 is 7.47. The molecule has 5 heteroatoms. The predicted octanol–water partition coefficient (Wildman–Crippen LogP) is 4.85. The van der Waals surface area contributed by atoms with Gasteiger partial charge in [-0.3, -0.25) is 4.79 Å². The van der Waals surface area contributed by atoms with Crippen molar-refractivity contribution in [1.29, 1.82) is 0 Å². The minimum Gasteiger partial charge on any atom is -0.497 e. The van der Waals surface area contributed by atoms with E-state index >= 15 is 0 Å². The van der Waals surface area contributed by atoms with E-state index in [-0.39, 0.29) is 11.9 Å². The third-order valence-corrected chi connectivity index (χ3v) is 4.93. The number of halogens is 1. The first-order valence-corrected chi connectivity index (χ1v) is 9.41. The predicted molar refractivity (Wildman–Crippen MR) is 102 cm³/mol. The van der Waals surface area contributed by atoms with Crippen molar-refractivity contribution in [2.75, 3.05) is 12.9 Å². The van der Waals surface area contributed by atoms with Crippen LogP contribution in [-0.2, 0) is 10.5 Å². The van der Waals surface area contributed by atoms with Crippen LogP contribution in [0.15, 0.2) is 48.5 Å². The second kappa shape index (κ2) is 9.60. The van der Waals surface area contributed by atoms with Crippen molar-refractivity contribution < 1.29 is 9.53 Å². The third kappa shape index (κ3) is 5.77. The molecule has 128 valence electrons. The van der Waals surface area contributed by atoms with Crippen LogP contribution >= 0.6 is 23.4 Å². The van der Waals surface area contributed by atoms with Crippen molar-refractivity contribution >= 4 is 29.3 Å². The SMILES string of the molecule is CCC(NC(=O)CSCc1ccc(Cl)cc1)c1ccc(OC)cc1. The Morgan fingerprint density at radius 3 is 2.42 bits per heavy atom.